The summed E-state index contributed by atoms with van der Waals surface area (Å²) in [4.78, 5) is 19.0. The molecule has 1 heterocycles. The first kappa shape index (κ1) is 19.0. The molecule has 1 fully saturated rings. The van der Waals surface area contributed by atoms with Crippen LogP contribution in [0, 0.1) is 5.92 Å². The fraction of sp³-hybridized carbons (Fsp3) is 0.364. The minimum absolute atomic E-state index is 0.100. The number of benzene rings is 2. The molecule has 2 aromatic carbocycles. The lowest BCUT2D eigenvalue weighted by atomic mass is 9.99. The molecule has 2 aromatic rings. The number of hydrogen-bond donors (Lipinski definition) is 2. The van der Waals surface area contributed by atoms with Crippen molar-refractivity contribution in [2.24, 2.45) is 10.9 Å². The fourth-order valence-electron chi connectivity index (χ4n) is 3.43. The maximum Gasteiger partial charge on any atom is 0.246 e. The quantitative estimate of drug-likeness (QED) is 0.611. The number of carbonyl (C=O) groups is 1. The number of guanidine groups is 1. The van der Waals surface area contributed by atoms with Crippen LogP contribution in [0.25, 0.3) is 0 Å². The van der Waals surface area contributed by atoms with E-state index in [1.54, 1.807) is 0 Å². The lowest BCUT2D eigenvalue weighted by Crippen LogP contribution is -2.40. The summed E-state index contributed by atoms with van der Waals surface area (Å²) >= 11 is 0. The molecule has 3 rings (SSSR count). The minimum atomic E-state index is -0.100. The van der Waals surface area contributed by atoms with Crippen LogP contribution in [-0.2, 0) is 11.2 Å². The molecule has 27 heavy (non-hydrogen) atoms. The molecule has 0 aliphatic carbocycles. The first-order chi connectivity index (χ1) is 13.2. The van der Waals surface area contributed by atoms with Gasteiger partial charge in [0.25, 0.3) is 0 Å². The molecule has 1 aliphatic heterocycles. The Morgan fingerprint density at radius 1 is 1.11 bits per heavy atom. The average Bonchev–Trinajstić information content (AvgIpc) is 3.15. The van der Waals surface area contributed by atoms with Gasteiger partial charge in [-0.25, -0.2) is 4.99 Å². The van der Waals surface area contributed by atoms with Crippen LogP contribution in [0.5, 0.6) is 0 Å². The lowest BCUT2D eigenvalue weighted by molar-refractivity contribution is -0.114. The largest absolute Gasteiger partial charge is 0.357 e. The summed E-state index contributed by atoms with van der Waals surface area (Å²) < 4.78 is 0. The zero-order valence-corrected chi connectivity index (χ0v) is 15.9. The second-order valence-corrected chi connectivity index (χ2v) is 6.87. The molecule has 5 nitrogen and oxygen atoms in total. The van der Waals surface area contributed by atoms with Crippen molar-refractivity contribution in [1.82, 2.24) is 10.2 Å². The van der Waals surface area contributed by atoms with Crippen molar-refractivity contribution in [3.05, 3.63) is 66.2 Å². The normalized spacial score (nSPS) is 17.0. The first-order valence-corrected chi connectivity index (χ1v) is 9.66. The summed E-state index contributed by atoms with van der Waals surface area (Å²) in [6, 6.07) is 20.1. The van der Waals surface area contributed by atoms with Crippen molar-refractivity contribution in [3.8, 4) is 0 Å². The molecule has 1 atom stereocenters. The van der Waals surface area contributed by atoms with Crippen molar-refractivity contribution < 1.29 is 4.79 Å². The van der Waals surface area contributed by atoms with Crippen molar-refractivity contribution in [3.63, 3.8) is 0 Å². The number of anilines is 1. The van der Waals surface area contributed by atoms with E-state index in [0.717, 1.165) is 44.1 Å². The van der Waals surface area contributed by atoms with Crippen molar-refractivity contribution in [2.75, 3.05) is 31.5 Å². The van der Waals surface area contributed by atoms with Crippen LogP contribution >= 0.6 is 0 Å². The second kappa shape index (κ2) is 9.76. The van der Waals surface area contributed by atoms with Gasteiger partial charge in [-0.3, -0.25) is 4.79 Å². The Hall–Kier alpha value is -2.82. The van der Waals surface area contributed by atoms with Gasteiger partial charge in [-0.15, -0.1) is 0 Å². The predicted octanol–water partition coefficient (Wildman–Crippen LogP) is 3.16. The Kier molecular flexibility index (Phi) is 6.85. The van der Waals surface area contributed by atoms with E-state index < -0.39 is 0 Å². The summed E-state index contributed by atoms with van der Waals surface area (Å²) in [5, 5.41) is 6.20. The highest BCUT2D eigenvalue weighted by atomic mass is 16.1. The molecular formula is C22H28N4O. The number of nitrogens with zero attached hydrogens (tertiary/aromatic N) is 2. The Balaban J connectivity index is 1.55. The Labute approximate surface area is 161 Å². The fourth-order valence-corrected chi connectivity index (χ4v) is 3.43. The van der Waals surface area contributed by atoms with Crippen molar-refractivity contribution in [2.45, 2.75) is 19.8 Å². The Bertz CT molecular complexity index is 745. The van der Waals surface area contributed by atoms with Gasteiger partial charge in [0.2, 0.25) is 5.91 Å². The summed E-state index contributed by atoms with van der Waals surface area (Å²) in [7, 11) is 0. The van der Waals surface area contributed by atoms with E-state index in [4.69, 9.17) is 0 Å². The molecule has 0 aromatic heterocycles. The second-order valence-electron chi connectivity index (χ2n) is 6.87. The number of amides is 1. The van der Waals surface area contributed by atoms with Gasteiger partial charge in [0.15, 0.2) is 5.96 Å². The van der Waals surface area contributed by atoms with Crippen LogP contribution in [0.4, 0.5) is 5.69 Å². The third-order valence-corrected chi connectivity index (χ3v) is 4.72. The van der Waals surface area contributed by atoms with E-state index in [2.05, 4.69) is 57.8 Å². The monoisotopic (exact) mass is 364 g/mol. The van der Waals surface area contributed by atoms with E-state index in [0.29, 0.717) is 5.92 Å². The molecule has 1 unspecified atom stereocenters. The highest BCUT2D eigenvalue weighted by Crippen LogP contribution is 2.20. The molecule has 0 radical (unpaired) electrons. The molecule has 0 saturated carbocycles. The van der Waals surface area contributed by atoms with Gasteiger partial charge in [-0.1, -0.05) is 48.5 Å². The van der Waals surface area contributed by atoms with Crippen LogP contribution in [0.2, 0.25) is 0 Å². The summed E-state index contributed by atoms with van der Waals surface area (Å²) in [5.74, 6) is 1.35. The minimum Gasteiger partial charge on any atom is -0.357 e. The van der Waals surface area contributed by atoms with Gasteiger partial charge in [0.1, 0.15) is 6.54 Å². The van der Waals surface area contributed by atoms with Gasteiger partial charge in [0.05, 0.1) is 0 Å². The number of carbonyl (C=O) groups excluding carboxylic acids is 1. The van der Waals surface area contributed by atoms with Gasteiger partial charge < -0.3 is 15.5 Å². The third kappa shape index (κ3) is 5.84. The van der Waals surface area contributed by atoms with E-state index in [1.165, 1.54) is 5.56 Å². The molecule has 1 saturated heterocycles. The number of rotatable bonds is 6. The van der Waals surface area contributed by atoms with Gasteiger partial charge in [-0.2, -0.15) is 0 Å². The van der Waals surface area contributed by atoms with Gasteiger partial charge >= 0.3 is 0 Å². The topological polar surface area (TPSA) is 56.7 Å². The summed E-state index contributed by atoms with van der Waals surface area (Å²) in [6.07, 6.45) is 2.24. The predicted molar refractivity (Wildman–Crippen MR) is 111 cm³/mol. The molecule has 5 heteroatoms. The van der Waals surface area contributed by atoms with Crippen LogP contribution in [0.1, 0.15) is 18.9 Å². The van der Waals surface area contributed by atoms with Gasteiger partial charge in [0, 0.05) is 25.3 Å². The maximum absolute atomic E-state index is 12.2. The highest BCUT2D eigenvalue weighted by molar-refractivity contribution is 5.94. The molecule has 2 N–H and O–H groups in total. The van der Waals surface area contributed by atoms with E-state index in [1.807, 2.05) is 30.3 Å². The van der Waals surface area contributed by atoms with Crippen molar-refractivity contribution in [1.29, 1.82) is 0 Å². The van der Waals surface area contributed by atoms with E-state index in [-0.39, 0.29) is 12.5 Å². The summed E-state index contributed by atoms with van der Waals surface area (Å²) in [6.45, 7) is 4.91. The van der Waals surface area contributed by atoms with Crippen LogP contribution in [-0.4, -0.2) is 42.9 Å². The Morgan fingerprint density at radius 3 is 2.52 bits per heavy atom. The number of likely N-dealkylation sites (tertiary alicyclic amines) is 1. The molecule has 142 valence electrons. The van der Waals surface area contributed by atoms with Crippen LogP contribution in [0.15, 0.2) is 65.7 Å². The zero-order chi connectivity index (χ0) is 18.9. The number of nitrogens with one attached hydrogen (secondary N) is 2. The van der Waals surface area contributed by atoms with E-state index >= 15 is 0 Å². The van der Waals surface area contributed by atoms with Crippen LogP contribution < -0.4 is 10.6 Å². The van der Waals surface area contributed by atoms with Gasteiger partial charge in [-0.05, 0) is 43.4 Å². The van der Waals surface area contributed by atoms with Crippen LogP contribution in [0.3, 0.4) is 0 Å². The highest BCUT2D eigenvalue weighted by Gasteiger charge is 2.25. The van der Waals surface area contributed by atoms with E-state index in [9.17, 15) is 4.79 Å². The maximum atomic E-state index is 12.2. The first-order valence-electron chi connectivity index (χ1n) is 9.66. The Morgan fingerprint density at radius 2 is 1.81 bits per heavy atom. The SMILES string of the molecule is CCNC(=NCC(=O)Nc1ccccc1)N1CCC(Cc2ccccc2)C1. The smallest absolute Gasteiger partial charge is 0.246 e. The number of hydrogen-bond acceptors (Lipinski definition) is 2. The molecule has 1 amide bonds. The standard InChI is InChI=1S/C22H28N4O/c1-2-23-22(24-16-21(27)25-20-11-7-4-8-12-20)26-14-13-19(17-26)15-18-9-5-3-6-10-18/h3-12,19H,2,13-17H2,1H3,(H,23,24)(H,25,27). The zero-order valence-electron chi connectivity index (χ0n) is 15.9. The average molecular weight is 364 g/mol. The molecule has 1 aliphatic rings. The molecule has 0 spiro atoms. The molecular weight excluding hydrogens is 336 g/mol. The summed E-state index contributed by atoms with van der Waals surface area (Å²) in [5.41, 5.74) is 2.18. The number of para-hydroxylation sites is 1. The molecule has 0 bridgehead atoms. The third-order valence-electron chi connectivity index (χ3n) is 4.72. The van der Waals surface area contributed by atoms with Crippen molar-refractivity contribution >= 4 is 17.6 Å². The number of aliphatic imine (C=N–C) groups is 1. The lowest BCUT2D eigenvalue weighted by Gasteiger charge is -2.21.